The number of H-pyrrole nitrogens is 1. The largest absolute Gasteiger partial charge is 0.358 e. The number of benzene rings is 2. The fraction of sp³-hybridized carbons (Fsp3) is 0.423. The number of fused-ring (bicyclic) bond motifs is 2. The number of piperidine rings is 1. The van der Waals surface area contributed by atoms with Gasteiger partial charge in [0, 0.05) is 37.6 Å². The lowest BCUT2D eigenvalue weighted by Crippen LogP contribution is -2.38. The lowest BCUT2D eigenvalue weighted by molar-refractivity contribution is 0.151. The van der Waals surface area contributed by atoms with E-state index in [1.54, 1.807) is 0 Å². The molecule has 0 bridgehead atoms. The van der Waals surface area contributed by atoms with Gasteiger partial charge in [-0.05, 0) is 123 Å². The molecular weight excluding hydrogens is 511 g/mol. The number of carbonyl (C=O) groups excluding carboxylic acids is 1. The van der Waals surface area contributed by atoms with Gasteiger partial charge in [0.1, 0.15) is 0 Å². The number of aryl methyl sites for hydroxylation is 1. The number of hydrogen-bond donors (Lipinski definition) is 3. The van der Waals surface area contributed by atoms with Crippen molar-refractivity contribution in [3.8, 4) is 0 Å². The molecule has 2 saturated heterocycles. The van der Waals surface area contributed by atoms with Gasteiger partial charge in [-0.3, -0.25) is 0 Å². The minimum absolute atomic E-state index is 0.216. The molecule has 2 aromatic carbocycles. The number of nitrogens with zero attached hydrogens (tertiary/aromatic N) is 1. The van der Waals surface area contributed by atoms with Crippen LogP contribution in [0.5, 0.6) is 0 Å². The molecule has 5 nitrogen and oxygen atoms in total. The maximum absolute atomic E-state index is 12.6. The smallest absolute Gasteiger partial charge is 0.323 e. The van der Waals surface area contributed by atoms with E-state index in [9.17, 15) is 4.79 Å². The van der Waals surface area contributed by atoms with Gasteiger partial charge in [0.05, 0.1) is 0 Å². The Balaban J connectivity index is 1.35. The molecule has 3 N–H and O–H groups in total. The van der Waals surface area contributed by atoms with Gasteiger partial charge in [-0.15, -0.1) is 0 Å². The summed E-state index contributed by atoms with van der Waals surface area (Å²) >= 11 is 2.25. The summed E-state index contributed by atoms with van der Waals surface area (Å²) in [5.74, 6) is 0.574. The highest BCUT2D eigenvalue weighted by atomic mass is 127. The molecule has 2 aliphatic rings. The molecule has 1 aromatic heterocycles. The molecule has 168 valence electrons. The third kappa shape index (κ3) is 4.66. The highest BCUT2D eigenvalue weighted by Crippen LogP contribution is 2.39. The first kappa shape index (κ1) is 21.8. The van der Waals surface area contributed by atoms with Crippen LogP contribution in [0.2, 0.25) is 0 Å². The first-order valence-corrected chi connectivity index (χ1v) is 12.8. The van der Waals surface area contributed by atoms with E-state index in [0.29, 0.717) is 5.92 Å². The lowest BCUT2D eigenvalue weighted by Gasteiger charge is -2.33. The summed E-state index contributed by atoms with van der Waals surface area (Å²) in [5, 5.41) is 7.20. The SMILES string of the molecule is Cc1[nH]c2ccc(NC(=O)Nc3cccc(I)c3)cc2c1C1CCC2CCCCN2CC1. The number of hydrogen-bond acceptors (Lipinski definition) is 2. The van der Waals surface area contributed by atoms with E-state index in [2.05, 4.69) is 62.2 Å². The van der Waals surface area contributed by atoms with E-state index in [4.69, 9.17) is 0 Å². The molecule has 2 aliphatic heterocycles. The normalized spacial score (nSPS) is 21.7. The summed E-state index contributed by atoms with van der Waals surface area (Å²) < 4.78 is 1.09. The third-order valence-corrected chi connectivity index (χ3v) is 7.82. The van der Waals surface area contributed by atoms with Gasteiger partial charge in [-0.2, -0.15) is 0 Å². The minimum atomic E-state index is -0.216. The molecule has 6 heteroatoms. The highest BCUT2D eigenvalue weighted by molar-refractivity contribution is 14.1. The second-order valence-electron chi connectivity index (χ2n) is 9.26. The number of aromatic amines is 1. The fourth-order valence-electron chi connectivity index (χ4n) is 5.64. The van der Waals surface area contributed by atoms with E-state index in [1.165, 1.54) is 68.3 Å². The van der Waals surface area contributed by atoms with Crippen LogP contribution in [-0.4, -0.2) is 35.0 Å². The average Bonchev–Trinajstić information content (AvgIpc) is 2.95. The zero-order valence-electron chi connectivity index (χ0n) is 18.6. The Kier molecular flexibility index (Phi) is 6.42. The summed E-state index contributed by atoms with van der Waals surface area (Å²) in [6, 6.07) is 14.6. The van der Waals surface area contributed by atoms with Crippen LogP contribution in [0.4, 0.5) is 16.2 Å². The minimum Gasteiger partial charge on any atom is -0.358 e. The predicted octanol–water partition coefficient (Wildman–Crippen LogP) is 6.85. The fourth-order valence-corrected chi connectivity index (χ4v) is 6.18. The molecule has 5 rings (SSSR count). The van der Waals surface area contributed by atoms with Crippen LogP contribution in [0.3, 0.4) is 0 Å². The monoisotopic (exact) mass is 542 g/mol. The number of urea groups is 1. The Morgan fingerprint density at radius 1 is 1.00 bits per heavy atom. The summed E-state index contributed by atoms with van der Waals surface area (Å²) in [6.45, 7) is 4.68. The number of rotatable bonds is 3. The molecule has 2 amide bonds. The Morgan fingerprint density at radius 2 is 1.84 bits per heavy atom. The molecule has 2 unspecified atom stereocenters. The van der Waals surface area contributed by atoms with Crippen molar-refractivity contribution in [2.75, 3.05) is 23.7 Å². The van der Waals surface area contributed by atoms with Crippen LogP contribution in [-0.2, 0) is 0 Å². The Bertz CT molecular complexity index is 1110. The molecule has 0 aliphatic carbocycles. The van der Waals surface area contributed by atoms with Crippen LogP contribution >= 0.6 is 22.6 Å². The van der Waals surface area contributed by atoms with Gasteiger partial charge in [-0.25, -0.2) is 4.79 Å². The van der Waals surface area contributed by atoms with Crippen molar-refractivity contribution in [1.82, 2.24) is 9.88 Å². The van der Waals surface area contributed by atoms with E-state index >= 15 is 0 Å². The molecule has 0 spiro atoms. The standard InChI is InChI=1S/C26H31IN4O/c1-17-25(18-8-10-22-7-2-3-13-31(22)14-12-18)23-16-21(9-11-24(23)28-17)30-26(32)29-20-6-4-5-19(27)15-20/h4-6,9,11,15-16,18,22,28H,2-3,7-8,10,12-14H2,1H3,(H2,29,30,32). The van der Waals surface area contributed by atoms with E-state index in [-0.39, 0.29) is 6.03 Å². The van der Waals surface area contributed by atoms with Gasteiger partial charge < -0.3 is 20.5 Å². The van der Waals surface area contributed by atoms with E-state index in [1.807, 2.05) is 30.3 Å². The molecule has 3 heterocycles. The average molecular weight is 542 g/mol. The van der Waals surface area contributed by atoms with Crippen LogP contribution in [0, 0.1) is 10.5 Å². The van der Waals surface area contributed by atoms with Crippen LogP contribution in [0.1, 0.15) is 55.7 Å². The zero-order chi connectivity index (χ0) is 22.1. The summed E-state index contributed by atoms with van der Waals surface area (Å²) in [6.07, 6.45) is 7.87. The zero-order valence-corrected chi connectivity index (χ0v) is 20.7. The van der Waals surface area contributed by atoms with Crippen molar-refractivity contribution in [2.24, 2.45) is 0 Å². The Hall–Kier alpha value is -2.06. The first-order chi connectivity index (χ1) is 15.6. The Morgan fingerprint density at radius 3 is 2.69 bits per heavy atom. The molecule has 2 atom stereocenters. The number of amides is 2. The topological polar surface area (TPSA) is 60.2 Å². The van der Waals surface area contributed by atoms with Crippen molar-refractivity contribution < 1.29 is 4.79 Å². The molecule has 0 radical (unpaired) electrons. The number of aromatic nitrogens is 1. The van der Waals surface area contributed by atoms with Gasteiger partial charge in [0.2, 0.25) is 0 Å². The van der Waals surface area contributed by atoms with E-state index < -0.39 is 0 Å². The van der Waals surface area contributed by atoms with Crippen LogP contribution in [0.15, 0.2) is 42.5 Å². The van der Waals surface area contributed by atoms with Crippen molar-refractivity contribution in [3.63, 3.8) is 0 Å². The summed E-state index contributed by atoms with van der Waals surface area (Å²) in [4.78, 5) is 18.9. The molecule has 0 saturated carbocycles. The lowest BCUT2D eigenvalue weighted by atomic mass is 9.88. The van der Waals surface area contributed by atoms with Gasteiger partial charge in [-0.1, -0.05) is 12.5 Å². The van der Waals surface area contributed by atoms with Crippen molar-refractivity contribution in [1.29, 1.82) is 0 Å². The van der Waals surface area contributed by atoms with Crippen molar-refractivity contribution in [2.45, 2.75) is 57.4 Å². The van der Waals surface area contributed by atoms with Gasteiger partial charge in [0.25, 0.3) is 0 Å². The number of anilines is 2. The number of halogens is 1. The van der Waals surface area contributed by atoms with Crippen LogP contribution in [0.25, 0.3) is 10.9 Å². The number of carbonyl (C=O) groups is 1. The van der Waals surface area contributed by atoms with Gasteiger partial charge >= 0.3 is 6.03 Å². The first-order valence-electron chi connectivity index (χ1n) is 11.8. The summed E-state index contributed by atoms with van der Waals surface area (Å²) in [7, 11) is 0. The van der Waals surface area contributed by atoms with Crippen molar-refractivity contribution in [3.05, 3.63) is 57.3 Å². The molecule has 3 aromatic rings. The molecule has 2 fully saturated rings. The van der Waals surface area contributed by atoms with E-state index in [0.717, 1.165) is 26.5 Å². The number of nitrogens with one attached hydrogen (secondary N) is 3. The molecular formula is C26H31IN4O. The Labute approximate surface area is 203 Å². The third-order valence-electron chi connectivity index (χ3n) is 7.15. The van der Waals surface area contributed by atoms with Crippen molar-refractivity contribution >= 4 is 50.9 Å². The summed E-state index contributed by atoms with van der Waals surface area (Å²) in [5.41, 5.74) is 5.49. The maximum atomic E-state index is 12.6. The van der Waals surface area contributed by atoms with Gasteiger partial charge in [0.15, 0.2) is 0 Å². The second-order valence-corrected chi connectivity index (χ2v) is 10.5. The van der Waals surface area contributed by atoms with Crippen LogP contribution < -0.4 is 10.6 Å². The maximum Gasteiger partial charge on any atom is 0.323 e. The quantitative estimate of drug-likeness (QED) is 0.317. The predicted molar refractivity (Wildman–Crippen MR) is 141 cm³/mol. The molecule has 32 heavy (non-hydrogen) atoms. The second kappa shape index (κ2) is 9.43. The highest BCUT2D eigenvalue weighted by Gasteiger charge is 2.29.